The molecule has 4 aromatic carbocycles. The number of nitrogens with zero attached hydrogens (tertiary/aromatic N) is 1. The molecule has 14 aliphatic rings. The lowest BCUT2D eigenvalue weighted by atomic mass is 9.56. The maximum atomic E-state index is 14.1. The van der Waals surface area contributed by atoms with Crippen molar-refractivity contribution in [3.63, 3.8) is 0 Å². The summed E-state index contributed by atoms with van der Waals surface area (Å²) in [6.07, 6.45) is 22.8. The van der Waals surface area contributed by atoms with Gasteiger partial charge in [0.15, 0.2) is 0 Å². The van der Waals surface area contributed by atoms with Crippen molar-refractivity contribution in [2.75, 3.05) is 26.3 Å². The minimum Gasteiger partial charge on any atom is -0.465 e. The number of carbonyl (C=O) groups is 2. The summed E-state index contributed by atoms with van der Waals surface area (Å²) in [4.78, 5) is 27.2. The maximum Gasteiger partial charge on any atom is 0.410 e. The Morgan fingerprint density at radius 2 is 1.01 bits per heavy atom. The van der Waals surface area contributed by atoms with Crippen molar-refractivity contribution >= 4 is 12.1 Å². The summed E-state index contributed by atoms with van der Waals surface area (Å²) in [6.45, 7) is 23.4. The van der Waals surface area contributed by atoms with Gasteiger partial charge < -0.3 is 39.4 Å². The highest BCUT2D eigenvalue weighted by Crippen LogP contribution is 2.68. The van der Waals surface area contributed by atoms with Crippen LogP contribution < -0.4 is 5.32 Å². The smallest absolute Gasteiger partial charge is 0.410 e. The van der Waals surface area contributed by atoms with E-state index in [1.807, 2.05) is 24.3 Å². The van der Waals surface area contributed by atoms with Crippen LogP contribution in [0.4, 0.5) is 4.79 Å². The molecule has 10 heteroatoms. The first-order valence-electron chi connectivity index (χ1n) is 37.5. The van der Waals surface area contributed by atoms with Crippen LogP contribution in [-0.4, -0.2) is 101 Å². The Morgan fingerprint density at radius 1 is 0.568 bits per heavy atom. The number of allylic oxidation sites excluding steroid dienone is 4. The van der Waals surface area contributed by atoms with Crippen LogP contribution in [0.2, 0.25) is 0 Å². The van der Waals surface area contributed by atoms with Gasteiger partial charge >= 0.3 is 12.1 Å². The van der Waals surface area contributed by atoms with Gasteiger partial charge in [-0.2, -0.15) is 0 Å². The van der Waals surface area contributed by atoms with E-state index in [0.29, 0.717) is 60.4 Å². The lowest BCUT2D eigenvalue weighted by Gasteiger charge is -2.49. The molecule has 1 amide bonds. The molecule has 4 heterocycles. The number of amides is 1. The minimum atomic E-state index is -0.305. The van der Waals surface area contributed by atoms with Gasteiger partial charge in [-0.1, -0.05) is 173 Å². The first-order valence-corrected chi connectivity index (χ1v) is 37.5. The van der Waals surface area contributed by atoms with E-state index in [1.54, 1.807) is 22.3 Å². The number of fused-ring (bicyclic) bond motifs is 18. The lowest BCUT2D eigenvalue weighted by Crippen LogP contribution is -2.54. The van der Waals surface area contributed by atoms with Crippen LogP contribution in [0.5, 0.6) is 0 Å². The van der Waals surface area contributed by atoms with Gasteiger partial charge in [0.2, 0.25) is 0 Å². The molecule has 2 spiro atoms. The third-order valence-electron chi connectivity index (χ3n) is 28.9. The second-order valence-electron chi connectivity index (χ2n) is 33.4. The number of esters is 1. The normalized spacial score (nSPS) is 39.8. The number of aliphatic hydroxyl groups excluding tert-OH is 2. The number of rotatable bonds is 4. The summed E-state index contributed by atoms with van der Waals surface area (Å²) in [5, 5.41) is 24.6. The molecule has 3 N–H and O–H groups in total. The third kappa shape index (κ3) is 10.3. The van der Waals surface area contributed by atoms with Crippen LogP contribution in [0.3, 0.4) is 0 Å². The van der Waals surface area contributed by atoms with Crippen molar-refractivity contribution < 1.29 is 38.7 Å². The Hall–Kier alpha value is -5.62. The fourth-order valence-corrected chi connectivity index (χ4v) is 23.9. The zero-order valence-electron chi connectivity index (χ0n) is 58.2. The first-order chi connectivity index (χ1) is 45.8. The van der Waals surface area contributed by atoms with Gasteiger partial charge in [0, 0.05) is 43.2 Å². The van der Waals surface area contributed by atoms with Crippen LogP contribution >= 0.6 is 0 Å². The molecule has 0 radical (unpaired) electrons. The Kier molecular flexibility index (Phi) is 16.4. The van der Waals surface area contributed by atoms with Crippen molar-refractivity contribution in [1.82, 2.24) is 10.2 Å². The molecule has 8 fully saturated rings. The van der Waals surface area contributed by atoms with Crippen LogP contribution in [-0.2, 0) is 23.7 Å². The van der Waals surface area contributed by atoms with Crippen molar-refractivity contribution in [2.45, 2.75) is 225 Å². The molecule has 0 bridgehead atoms. The fourth-order valence-electron chi connectivity index (χ4n) is 23.9. The summed E-state index contributed by atoms with van der Waals surface area (Å²) < 4.78 is 25.8. The van der Waals surface area contributed by atoms with Crippen LogP contribution in [0.25, 0.3) is 22.3 Å². The SMILES string of the molecule is CC(=O)OCC1c2ccccc2-c2ccccc21.CC1=C2C[C@H]3[C@@H](CC=C4C[C@@H](O)CC[C@@]43C)[C@@H]2CC[C@]12O[C@@H]1C[C@H](C)CN(C(=O)OCC3c4ccccc4-c4ccccc43)[C@H]1[C@H]2C.CC1=C2C[C@H]3[C@@H](CC=C4C[C@@H](O)CC[C@@]43C)[C@@H]2CC[C@]12O[C@@H]1C[C@H](C)CN[C@H]1[C@H]2C. The van der Waals surface area contributed by atoms with E-state index in [0.717, 1.165) is 88.1 Å². The van der Waals surface area contributed by atoms with Crippen molar-refractivity contribution in [2.24, 2.45) is 70.0 Å². The van der Waals surface area contributed by atoms with Gasteiger partial charge in [0.1, 0.15) is 13.2 Å². The Labute approximate surface area is 566 Å². The highest BCUT2D eigenvalue weighted by molar-refractivity contribution is 5.80. The van der Waals surface area contributed by atoms with Crippen molar-refractivity contribution in [1.29, 1.82) is 0 Å². The molecule has 0 unspecified atom stereocenters. The quantitative estimate of drug-likeness (QED) is 0.135. The molecule has 4 aliphatic heterocycles. The number of hydrogen-bond acceptors (Lipinski definition) is 9. The topological polar surface area (TPSA) is 127 Å². The molecular formula is C85H106N2O8. The van der Waals surface area contributed by atoms with Crippen LogP contribution in [0, 0.1) is 70.0 Å². The number of carbonyl (C=O) groups excluding carboxylic acids is 2. The largest absolute Gasteiger partial charge is 0.465 e. The highest BCUT2D eigenvalue weighted by atomic mass is 16.6. The second kappa shape index (κ2) is 24.4. The number of nitrogens with one attached hydrogen (secondary N) is 1. The van der Waals surface area contributed by atoms with Gasteiger partial charge in [-0.3, -0.25) is 4.79 Å². The van der Waals surface area contributed by atoms with E-state index in [1.165, 1.54) is 114 Å². The summed E-state index contributed by atoms with van der Waals surface area (Å²) in [5.41, 5.74) is 19.8. The molecule has 504 valence electrons. The summed E-state index contributed by atoms with van der Waals surface area (Å²) >= 11 is 0. The molecule has 18 rings (SSSR count). The average Bonchev–Trinajstić information content (AvgIpc) is 1.56. The highest BCUT2D eigenvalue weighted by Gasteiger charge is 2.64. The number of ether oxygens (including phenoxy) is 4. The minimum absolute atomic E-state index is 0.0222. The Bertz CT molecular complexity index is 3710. The zero-order valence-corrected chi connectivity index (χ0v) is 58.2. The summed E-state index contributed by atoms with van der Waals surface area (Å²) in [6, 6.07) is 34.3. The molecule has 10 aliphatic carbocycles. The average molecular weight is 1280 g/mol. The lowest BCUT2D eigenvalue weighted by molar-refractivity contribution is -0.141. The Morgan fingerprint density at radius 3 is 1.49 bits per heavy atom. The van der Waals surface area contributed by atoms with Gasteiger partial charge in [-0.25, -0.2) is 4.79 Å². The maximum absolute atomic E-state index is 14.1. The number of piperidine rings is 2. The molecule has 10 nitrogen and oxygen atoms in total. The zero-order chi connectivity index (χ0) is 65.6. The standard InChI is InChI=1S/C42H51NO4.C27H41NO2.C16H14O2/c1-24-19-38-39(43(22-24)40(45)46-23-36-31-11-7-5-9-29(31)30-10-6-8-12-32(30)36)26(3)42(47-38)18-16-33-34-14-13-27-20-28(44)15-17-41(27,4)37(34)21-35(33)25(42)2;1-15-11-24-25(28-14-15)17(3)27(30-24)10-8-20-21-6-5-18-12-19(29)7-9-26(18,4)23(21)13-22(20)16(27)2;1-11(17)18-10-16-14-8-4-2-6-12(14)13-7-3-5-9-15(13)16/h5-13,24,26,28,33-34,36-39,44H,14-23H2,1-4H3;5,15,17,19-21,23-25,28-29H,6-14H2,1-4H3;2-9,16H,10H2,1H3/t24-,26+,28-,33-,34-,37-,38+,39-,41-,42-;15-,17+,19-,20-,21-,23-,24+,25-,26-,27-;/m00./s1. The molecule has 0 aromatic heterocycles. The van der Waals surface area contributed by atoms with Crippen LogP contribution in [0.1, 0.15) is 199 Å². The van der Waals surface area contributed by atoms with Gasteiger partial charge in [-0.15, -0.1) is 0 Å². The predicted octanol–water partition coefficient (Wildman–Crippen LogP) is 17.0. The molecule has 4 saturated heterocycles. The first kappa shape index (κ1) is 64.1. The molecule has 95 heavy (non-hydrogen) atoms. The number of likely N-dealkylation sites (tertiary alicyclic amines) is 1. The molecular weight excluding hydrogens is 1180 g/mol. The fraction of sp³-hybridized carbons (Fsp3) is 0.600. The van der Waals surface area contributed by atoms with Crippen molar-refractivity contribution in [3.05, 3.63) is 165 Å². The van der Waals surface area contributed by atoms with Crippen molar-refractivity contribution in [3.8, 4) is 22.3 Å². The van der Waals surface area contributed by atoms with E-state index in [9.17, 15) is 19.8 Å². The van der Waals surface area contributed by atoms with E-state index in [-0.39, 0.29) is 70.8 Å². The van der Waals surface area contributed by atoms with E-state index in [4.69, 9.17) is 18.9 Å². The number of hydrogen-bond donors (Lipinski definition) is 3. The van der Waals surface area contributed by atoms with Gasteiger partial charge in [0.25, 0.3) is 0 Å². The predicted molar refractivity (Wildman–Crippen MR) is 374 cm³/mol. The van der Waals surface area contributed by atoms with Crippen LogP contribution in [0.15, 0.2) is 143 Å². The third-order valence-corrected chi connectivity index (χ3v) is 28.9. The number of benzene rings is 4. The van der Waals surface area contributed by atoms with Gasteiger partial charge in [0.05, 0.1) is 41.7 Å². The molecule has 20 atom stereocenters. The molecule has 4 aromatic rings. The van der Waals surface area contributed by atoms with E-state index >= 15 is 0 Å². The monoisotopic (exact) mass is 1280 g/mol. The number of aliphatic hydroxyl groups is 2. The van der Waals surface area contributed by atoms with E-state index in [2.05, 4.69) is 151 Å². The van der Waals surface area contributed by atoms with E-state index < -0.39 is 0 Å². The summed E-state index contributed by atoms with van der Waals surface area (Å²) in [5.74, 6) is 6.24. The Balaban J connectivity index is 0.000000126. The summed E-state index contributed by atoms with van der Waals surface area (Å²) in [7, 11) is 0. The second-order valence-corrected chi connectivity index (χ2v) is 33.4. The molecule has 4 saturated carbocycles. The van der Waals surface area contributed by atoms with Gasteiger partial charge in [-0.05, 0) is 237 Å².